The van der Waals surface area contributed by atoms with E-state index < -0.39 is 0 Å². The summed E-state index contributed by atoms with van der Waals surface area (Å²) in [7, 11) is 0. The molecule has 5 nitrogen and oxygen atoms in total. The summed E-state index contributed by atoms with van der Waals surface area (Å²) in [4.78, 5) is 23.3. The van der Waals surface area contributed by atoms with Gasteiger partial charge in [0.2, 0.25) is 5.91 Å². The van der Waals surface area contributed by atoms with E-state index in [9.17, 15) is 14.7 Å². The summed E-state index contributed by atoms with van der Waals surface area (Å²) in [6.45, 7) is 5.80. The number of hydrogen-bond donors (Lipinski definition) is 2. The number of allylic oxidation sites excluding steroid dienone is 2. The molecule has 2 rings (SSSR count). The molecule has 1 amide bonds. The summed E-state index contributed by atoms with van der Waals surface area (Å²) in [5.41, 5.74) is 2.84. The fourth-order valence-corrected chi connectivity index (χ4v) is 2.26. The zero-order chi connectivity index (χ0) is 19.8. The molecule has 0 aliphatic heterocycles. The van der Waals surface area contributed by atoms with E-state index >= 15 is 0 Å². The molecule has 0 bridgehead atoms. The quantitative estimate of drug-likeness (QED) is 0.427. The van der Waals surface area contributed by atoms with Crippen LogP contribution in [0.25, 0.3) is 6.08 Å². The largest absolute Gasteiger partial charge is 0.507 e. The Morgan fingerprint density at radius 2 is 1.78 bits per heavy atom. The molecule has 0 spiro atoms. The lowest BCUT2D eigenvalue weighted by Crippen LogP contribution is -2.05. The van der Waals surface area contributed by atoms with Crippen molar-refractivity contribution in [3.05, 3.63) is 71.3 Å². The average Bonchev–Trinajstić information content (AvgIpc) is 2.60. The van der Waals surface area contributed by atoms with Crippen LogP contribution in [0.1, 0.15) is 36.7 Å². The molecule has 5 heteroatoms. The number of carbonyl (C=O) groups excluding carboxylic acids is 2. The first-order valence-corrected chi connectivity index (χ1v) is 8.54. The van der Waals surface area contributed by atoms with Crippen LogP contribution in [-0.2, 0) is 4.79 Å². The van der Waals surface area contributed by atoms with Crippen LogP contribution >= 0.6 is 0 Å². The third-order valence-corrected chi connectivity index (χ3v) is 3.63. The van der Waals surface area contributed by atoms with E-state index in [0.717, 1.165) is 11.1 Å². The predicted octanol–water partition coefficient (Wildman–Crippen LogP) is 4.59. The molecule has 0 aliphatic carbocycles. The minimum atomic E-state index is -0.311. The first-order valence-electron chi connectivity index (χ1n) is 8.54. The zero-order valence-corrected chi connectivity index (χ0v) is 15.7. The normalized spacial score (nSPS) is 10.5. The minimum Gasteiger partial charge on any atom is -0.507 e. The van der Waals surface area contributed by atoms with E-state index in [0.29, 0.717) is 18.0 Å². The number of nitrogens with one attached hydrogen (secondary N) is 1. The molecule has 2 N–H and O–H groups in total. The molecule has 140 valence electrons. The van der Waals surface area contributed by atoms with Gasteiger partial charge in [-0.3, -0.25) is 9.59 Å². The molecule has 0 aliphatic rings. The van der Waals surface area contributed by atoms with Gasteiger partial charge >= 0.3 is 0 Å². The van der Waals surface area contributed by atoms with Crippen LogP contribution in [-0.4, -0.2) is 23.4 Å². The first-order chi connectivity index (χ1) is 12.8. The molecule has 2 aromatic carbocycles. The third-order valence-electron chi connectivity index (χ3n) is 3.63. The van der Waals surface area contributed by atoms with Gasteiger partial charge in [0.1, 0.15) is 18.1 Å². The average molecular weight is 365 g/mol. The second kappa shape index (κ2) is 9.38. The van der Waals surface area contributed by atoms with Crippen molar-refractivity contribution < 1.29 is 19.4 Å². The van der Waals surface area contributed by atoms with E-state index in [2.05, 4.69) is 5.32 Å². The third kappa shape index (κ3) is 6.47. The van der Waals surface area contributed by atoms with Crippen molar-refractivity contribution in [3.63, 3.8) is 0 Å². The number of aromatic hydroxyl groups is 1. The van der Waals surface area contributed by atoms with Gasteiger partial charge in [-0.25, -0.2) is 0 Å². The molecular weight excluding hydrogens is 342 g/mol. The van der Waals surface area contributed by atoms with Gasteiger partial charge in [0.15, 0.2) is 5.78 Å². The molecule has 0 fully saturated rings. The Morgan fingerprint density at radius 1 is 1.07 bits per heavy atom. The summed E-state index contributed by atoms with van der Waals surface area (Å²) in [5, 5.41) is 12.8. The Kier molecular flexibility index (Phi) is 6.94. The number of anilines is 1. The predicted molar refractivity (Wildman–Crippen MR) is 107 cm³/mol. The number of phenolic OH excluding ortho intramolecular Hbond substituents is 1. The number of carbonyl (C=O) groups is 2. The van der Waals surface area contributed by atoms with Crippen LogP contribution in [0.4, 0.5) is 5.69 Å². The van der Waals surface area contributed by atoms with Crippen molar-refractivity contribution in [1.82, 2.24) is 0 Å². The maximum atomic E-state index is 12.3. The number of amides is 1. The lowest BCUT2D eigenvalue weighted by atomic mass is 10.1. The molecular formula is C22H23NO4. The molecule has 2 aromatic rings. The highest BCUT2D eigenvalue weighted by atomic mass is 16.5. The summed E-state index contributed by atoms with van der Waals surface area (Å²) in [6, 6.07) is 11.7. The van der Waals surface area contributed by atoms with E-state index in [1.165, 1.54) is 19.1 Å². The number of benzene rings is 2. The number of rotatable bonds is 7. The minimum absolute atomic E-state index is 0.125. The van der Waals surface area contributed by atoms with Crippen molar-refractivity contribution in [2.24, 2.45) is 0 Å². The fourth-order valence-electron chi connectivity index (χ4n) is 2.26. The molecule has 0 aromatic heterocycles. The number of ether oxygens (including phenoxy) is 1. The second-order valence-corrected chi connectivity index (χ2v) is 6.27. The van der Waals surface area contributed by atoms with E-state index in [1.54, 1.807) is 42.5 Å². The van der Waals surface area contributed by atoms with Gasteiger partial charge in [0, 0.05) is 18.7 Å². The standard InChI is InChI=1S/C22H23NO4/c1-15(2)12-13-27-19-9-10-20(22(26)14-19)21(25)11-6-17-4-7-18(8-5-17)23-16(3)24/h4-12,14,26H,13H2,1-3H3,(H,23,24). The first kappa shape index (κ1) is 20.0. The Labute approximate surface area is 159 Å². The maximum absolute atomic E-state index is 12.3. The Hall–Kier alpha value is -3.34. The Balaban J connectivity index is 2.03. The number of phenols is 1. The van der Waals surface area contributed by atoms with Crippen LogP contribution < -0.4 is 10.1 Å². The SMILES string of the molecule is CC(=O)Nc1ccc(C=CC(=O)c2ccc(OCC=C(C)C)cc2O)cc1. The van der Waals surface area contributed by atoms with Crippen LogP contribution in [0, 0.1) is 0 Å². The second-order valence-electron chi connectivity index (χ2n) is 6.27. The highest BCUT2D eigenvalue weighted by molar-refractivity contribution is 6.08. The summed E-state index contributed by atoms with van der Waals surface area (Å²) < 4.78 is 5.50. The Morgan fingerprint density at radius 3 is 2.37 bits per heavy atom. The highest BCUT2D eigenvalue weighted by Gasteiger charge is 2.09. The van der Waals surface area contributed by atoms with Crippen LogP contribution in [0.15, 0.2) is 60.2 Å². The Bertz CT molecular complexity index is 876. The van der Waals surface area contributed by atoms with Gasteiger partial charge in [-0.2, -0.15) is 0 Å². The maximum Gasteiger partial charge on any atom is 0.221 e. The molecule has 0 atom stereocenters. The van der Waals surface area contributed by atoms with Crippen molar-refractivity contribution in [1.29, 1.82) is 0 Å². The summed E-state index contributed by atoms with van der Waals surface area (Å²) in [6.07, 6.45) is 4.97. The zero-order valence-electron chi connectivity index (χ0n) is 15.7. The molecule has 0 saturated carbocycles. The van der Waals surface area contributed by atoms with E-state index in [1.807, 2.05) is 19.9 Å². The van der Waals surface area contributed by atoms with Gasteiger partial charge in [0.25, 0.3) is 0 Å². The topological polar surface area (TPSA) is 75.6 Å². The highest BCUT2D eigenvalue weighted by Crippen LogP contribution is 2.24. The van der Waals surface area contributed by atoms with Crippen LogP contribution in [0.5, 0.6) is 11.5 Å². The van der Waals surface area contributed by atoms with E-state index in [-0.39, 0.29) is 23.0 Å². The van der Waals surface area contributed by atoms with Gasteiger partial charge in [-0.1, -0.05) is 23.8 Å². The lowest BCUT2D eigenvalue weighted by Gasteiger charge is -2.06. The molecule has 0 radical (unpaired) electrons. The van der Waals surface area contributed by atoms with Crippen molar-refractivity contribution in [3.8, 4) is 11.5 Å². The summed E-state index contributed by atoms with van der Waals surface area (Å²) >= 11 is 0. The molecule has 0 unspecified atom stereocenters. The van der Waals surface area contributed by atoms with Gasteiger partial charge < -0.3 is 15.2 Å². The molecule has 0 saturated heterocycles. The van der Waals surface area contributed by atoms with Crippen LogP contribution in [0.2, 0.25) is 0 Å². The fraction of sp³-hybridized carbons (Fsp3) is 0.182. The molecule has 0 heterocycles. The molecule has 27 heavy (non-hydrogen) atoms. The summed E-state index contributed by atoms with van der Waals surface area (Å²) in [5.74, 6) is -0.0778. The van der Waals surface area contributed by atoms with Crippen molar-refractivity contribution in [2.75, 3.05) is 11.9 Å². The van der Waals surface area contributed by atoms with Gasteiger partial charge in [-0.15, -0.1) is 0 Å². The lowest BCUT2D eigenvalue weighted by molar-refractivity contribution is -0.114. The smallest absolute Gasteiger partial charge is 0.221 e. The van der Waals surface area contributed by atoms with Crippen LogP contribution in [0.3, 0.4) is 0 Å². The number of hydrogen-bond acceptors (Lipinski definition) is 4. The monoisotopic (exact) mass is 365 g/mol. The van der Waals surface area contributed by atoms with Crippen molar-refractivity contribution in [2.45, 2.75) is 20.8 Å². The van der Waals surface area contributed by atoms with Gasteiger partial charge in [-0.05, 0) is 55.8 Å². The van der Waals surface area contributed by atoms with Crippen molar-refractivity contribution >= 4 is 23.5 Å². The van der Waals surface area contributed by atoms with Gasteiger partial charge in [0.05, 0.1) is 5.56 Å². The number of ketones is 1. The van der Waals surface area contributed by atoms with E-state index in [4.69, 9.17) is 4.74 Å².